The molecule has 2 unspecified atom stereocenters. The number of aryl methyl sites for hydroxylation is 1. The number of phenolic OH excluding ortho intramolecular Hbond substituents is 19. The molecule has 9 aromatic rings. The first-order valence-electron chi connectivity index (χ1n) is 27.9. The quantitative estimate of drug-likeness (QED) is 0.0291. The maximum atomic E-state index is 15.3. The number of rotatable bonds is 10. The Morgan fingerprint density at radius 1 is 0.485 bits per heavy atom. The van der Waals surface area contributed by atoms with Crippen LogP contribution in [0.4, 0.5) is 0 Å². The van der Waals surface area contributed by atoms with Gasteiger partial charge in [0.15, 0.2) is 110 Å². The molecule has 0 aliphatic carbocycles. The fourth-order valence-electron chi connectivity index (χ4n) is 11.0. The molecule has 0 radical (unpaired) electrons. The van der Waals surface area contributed by atoms with Crippen molar-refractivity contribution in [1.29, 1.82) is 0 Å². The summed E-state index contributed by atoms with van der Waals surface area (Å²) < 4.78 is 53.1. The molecular formula is C64H43O35+. The van der Waals surface area contributed by atoms with E-state index < -0.39 is 278 Å². The average Bonchev–Trinajstić information content (AvgIpc) is 0.856. The van der Waals surface area contributed by atoms with E-state index in [1.807, 2.05) is 0 Å². The Labute approximate surface area is 546 Å². The van der Waals surface area contributed by atoms with Crippen molar-refractivity contribution in [3.8, 4) is 166 Å². The predicted molar refractivity (Wildman–Crippen MR) is 318 cm³/mol. The fourth-order valence-corrected chi connectivity index (χ4v) is 11.0. The van der Waals surface area contributed by atoms with Gasteiger partial charge in [0.25, 0.3) is 0 Å². The van der Waals surface area contributed by atoms with E-state index >= 15 is 9.59 Å². The van der Waals surface area contributed by atoms with Crippen LogP contribution in [0.25, 0.3) is 44.5 Å². The first kappa shape index (κ1) is 64.8. The number of aromatic hydroxyl groups is 19. The molecule has 0 spiro atoms. The second-order valence-corrected chi connectivity index (χ2v) is 21.9. The maximum absolute atomic E-state index is 15.3. The van der Waals surface area contributed by atoms with Crippen LogP contribution in [0.2, 0.25) is 0 Å². The van der Waals surface area contributed by atoms with E-state index in [0.29, 0.717) is 48.5 Å². The number of carbonyl (C=O) groups excluding carboxylic acids is 5. The summed E-state index contributed by atoms with van der Waals surface area (Å²) in [6.07, 6.45) is -12.9. The third-order valence-electron chi connectivity index (χ3n) is 15.7. The van der Waals surface area contributed by atoms with Gasteiger partial charge in [-0.25, -0.2) is 33.2 Å². The standard InChI is InChI=1S/C64H42O35/c1-16-2-18(5-25(66)43(16)75)59(86)98-57-56(97-60(87)19-6-28(69)45(77)29(70)7-19)53-37(95-64(57)99-61(88)20-8-30(71)46(78)31(72)9-20)15-91-62(89)24-14-36(49(81)51(83)39(24)38-23(63(90)96-53)13-32(73)47(79)50(38)82)94-55-42-40-22(58(84)85)12-33(74)48(80)54(40)93-35-11-21(65)10-34(41(35)42)92-52(55)17-3-26(67)44(76)27(68)4-17/h2-14,37,53,56-57,64H,15H2,1H3,(H19-,65,66,67,68,69,70,71,72,73,74,75,76,77,78,79,80,81,82,83,84,85,86,87,88,89,90)/p+1/t37?,53-,56-,57?,64-/m0/s1. The Kier molecular flexibility index (Phi) is 15.5. The molecule has 20 N–H and O–H groups in total. The summed E-state index contributed by atoms with van der Waals surface area (Å²) in [5.41, 5.74) is -10.9. The van der Waals surface area contributed by atoms with Gasteiger partial charge in [-0.2, -0.15) is 0 Å². The van der Waals surface area contributed by atoms with Gasteiger partial charge < -0.3 is 140 Å². The number of benzene rings is 8. The number of hydrogen-bond acceptors (Lipinski definition) is 33. The van der Waals surface area contributed by atoms with Gasteiger partial charge in [0, 0.05) is 41.0 Å². The molecule has 508 valence electrons. The van der Waals surface area contributed by atoms with Crippen molar-refractivity contribution in [2.24, 2.45) is 0 Å². The van der Waals surface area contributed by atoms with E-state index in [0.717, 1.165) is 30.3 Å². The minimum atomic E-state index is -2.67. The highest BCUT2D eigenvalue weighted by molar-refractivity contribution is 6.13. The van der Waals surface area contributed by atoms with Crippen molar-refractivity contribution >= 4 is 46.8 Å². The minimum absolute atomic E-state index is 0.185. The molecule has 1 aromatic heterocycles. The zero-order chi connectivity index (χ0) is 71.6. The number of cyclic esters (lactones) is 1. The summed E-state index contributed by atoms with van der Waals surface area (Å²) in [7, 11) is 0. The molecule has 8 aromatic carbocycles. The number of ether oxygens (including phenoxy) is 8. The monoisotopic (exact) mass is 1370 g/mol. The number of carboxylic acid groups (broad SMARTS) is 1. The number of carbonyl (C=O) groups is 6. The largest absolute Gasteiger partial charge is 0.507 e. The highest BCUT2D eigenvalue weighted by Crippen LogP contribution is 2.62. The van der Waals surface area contributed by atoms with Crippen molar-refractivity contribution in [3.05, 3.63) is 118 Å². The number of hydrogen-bond donors (Lipinski definition) is 20. The smallest absolute Gasteiger partial charge is 0.403 e. The summed E-state index contributed by atoms with van der Waals surface area (Å²) in [5.74, 6) is -37.8. The lowest BCUT2D eigenvalue weighted by atomic mass is 9.90. The number of esters is 5. The minimum Gasteiger partial charge on any atom is -0.507 e. The van der Waals surface area contributed by atoms with Gasteiger partial charge in [-0.05, 0) is 61.0 Å². The Balaban J connectivity index is 1.07. The topological polar surface area (TPSA) is 592 Å². The van der Waals surface area contributed by atoms with Gasteiger partial charge in [0.1, 0.15) is 29.6 Å². The number of fused-ring (bicyclic) bond motifs is 6. The zero-order valence-corrected chi connectivity index (χ0v) is 49.2. The maximum Gasteiger partial charge on any atom is 0.403 e. The van der Waals surface area contributed by atoms with Gasteiger partial charge >= 0.3 is 47.2 Å². The van der Waals surface area contributed by atoms with Gasteiger partial charge in [-0.1, -0.05) is 0 Å². The zero-order valence-electron chi connectivity index (χ0n) is 49.2. The van der Waals surface area contributed by atoms with E-state index in [2.05, 4.69) is 0 Å². The van der Waals surface area contributed by atoms with Crippen LogP contribution in [0.1, 0.15) is 67.7 Å². The van der Waals surface area contributed by atoms with Crippen LogP contribution < -0.4 is 9.47 Å². The van der Waals surface area contributed by atoms with Gasteiger partial charge in [-0.3, -0.25) is 0 Å². The van der Waals surface area contributed by atoms with Crippen molar-refractivity contribution in [1.82, 2.24) is 0 Å². The van der Waals surface area contributed by atoms with Crippen LogP contribution >= 0.6 is 0 Å². The average molecular weight is 1370 g/mol. The molecule has 35 heteroatoms. The van der Waals surface area contributed by atoms with Gasteiger partial charge in [0.2, 0.25) is 35.4 Å². The normalized spacial score (nSPS) is 16.8. The van der Waals surface area contributed by atoms with E-state index in [1.165, 1.54) is 6.92 Å². The molecule has 12 rings (SSSR count). The molecule has 0 amide bonds. The Bertz CT molecular complexity index is 5000. The van der Waals surface area contributed by atoms with E-state index in [9.17, 15) is 121 Å². The van der Waals surface area contributed by atoms with Crippen molar-refractivity contribution in [2.45, 2.75) is 37.6 Å². The highest BCUT2D eigenvalue weighted by Gasteiger charge is 2.56. The third kappa shape index (κ3) is 10.9. The molecule has 1 fully saturated rings. The lowest BCUT2D eigenvalue weighted by Crippen LogP contribution is -2.63. The number of phenols is 19. The summed E-state index contributed by atoms with van der Waals surface area (Å²) in [6.45, 7) is -0.262. The molecule has 5 atom stereocenters. The lowest BCUT2D eigenvalue weighted by molar-refractivity contribution is -0.282. The number of aromatic carboxylic acids is 1. The van der Waals surface area contributed by atoms with Crippen LogP contribution in [-0.2, 0) is 28.4 Å². The Morgan fingerprint density at radius 3 is 1.55 bits per heavy atom. The summed E-state index contributed by atoms with van der Waals surface area (Å²) >= 11 is 0. The third-order valence-corrected chi connectivity index (χ3v) is 15.7. The molecule has 35 nitrogen and oxygen atoms in total. The van der Waals surface area contributed by atoms with Crippen LogP contribution in [0.15, 0.2) is 83.3 Å². The first-order chi connectivity index (χ1) is 46.7. The van der Waals surface area contributed by atoms with Crippen LogP contribution in [-0.4, -0.2) is 175 Å². The lowest BCUT2D eigenvalue weighted by Gasteiger charge is -2.43. The molecule has 0 saturated carbocycles. The Hall–Kier alpha value is -14.3. The Morgan fingerprint density at radius 2 is 0.980 bits per heavy atom. The van der Waals surface area contributed by atoms with Crippen LogP contribution in [0.3, 0.4) is 0 Å². The van der Waals surface area contributed by atoms with Crippen molar-refractivity contribution in [3.63, 3.8) is 0 Å². The highest BCUT2D eigenvalue weighted by atomic mass is 16.7. The summed E-state index contributed by atoms with van der Waals surface area (Å²) in [6, 6.07) is 8.22. The number of carboxylic acids is 1. The molecule has 99 heavy (non-hydrogen) atoms. The van der Waals surface area contributed by atoms with Gasteiger partial charge in [-0.15, -0.1) is 0 Å². The van der Waals surface area contributed by atoms with E-state index in [-0.39, 0.29) is 10.9 Å². The van der Waals surface area contributed by atoms with E-state index in [1.54, 1.807) is 0 Å². The van der Waals surface area contributed by atoms with Gasteiger partial charge in [0.05, 0.1) is 50.6 Å². The second kappa shape index (κ2) is 23.6. The molecular weight excluding hydrogens is 1330 g/mol. The SMILES string of the molecule is Cc1cc(C(=O)OC2[C@H](OC(=O)c3cc(O)c(O)c(O)c3)OC3COC(=O)c4cc(Oc5c(-c6cc(O)c(O)c(O)c6)[o+]c6cc(O)cc7c6c5-c5c(C(=O)O)cc(O)c(O)c5O7)c(O)c(O)c4-c4c(cc(O)c(O)c4O)C(=O)O[C@@H]3[C@@H]2OC(=O)c2cc(O)c(O)c(O)c2)cc(O)c1O. The van der Waals surface area contributed by atoms with Crippen molar-refractivity contribution in [2.75, 3.05) is 6.61 Å². The van der Waals surface area contributed by atoms with Crippen LogP contribution in [0.5, 0.6) is 132 Å². The summed E-state index contributed by atoms with van der Waals surface area (Å²) in [4.78, 5) is 86.6. The molecule has 0 bridgehead atoms. The second-order valence-electron chi connectivity index (χ2n) is 21.9. The predicted octanol–water partition coefficient (Wildman–Crippen LogP) is 6.75. The molecule has 3 aliphatic heterocycles. The van der Waals surface area contributed by atoms with Crippen molar-refractivity contribution < 1.29 is 173 Å². The van der Waals surface area contributed by atoms with E-state index in [4.69, 9.17) is 42.3 Å². The molecule has 1 saturated heterocycles. The fraction of sp³-hybridized carbons (Fsp3) is 0.109. The molecule has 3 aliphatic rings. The first-order valence-corrected chi connectivity index (χ1v) is 27.9. The molecule has 4 heterocycles. The summed E-state index contributed by atoms with van der Waals surface area (Å²) in [5, 5.41) is 217. The van der Waals surface area contributed by atoms with Crippen LogP contribution in [0, 0.1) is 6.92 Å².